The highest BCUT2D eigenvalue weighted by Crippen LogP contribution is 2.30. The highest BCUT2D eigenvalue weighted by atomic mass is 19.1. The highest BCUT2D eigenvalue weighted by Gasteiger charge is 2.28. The lowest BCUT2D eigenvalue weighted by Crippen LogP contribution is -2.51. The van der Waals surface area contributed by atoms with E-state index in [1.54, 1.807) is 60.5 Å². The molecule has 4 rings (SSSR count). The number of rotatable bonds is 7. The summed E-state index contributed by atoms with van der Waals surface area (Å²) in [5, 5.41) is 0. The smallest absolute Gasteiger partial charge is 0.260 e. The lowest BCUT2D eigenvalue weighted by Gasteiger charge is -2.39. The van der Waals surface area contributed by atoms with Crippen LogP contribution in [-0.4, -0.2) is 55.6 Å². The van der Waals surface area contributed by atoms with Gasteiger partial charge in [0.05, 0.1) is 13.2 Å². The van der Waals surface area contributed by atoms with Crippen LogP contribution in [-0.2, 0) is 4.79 Å². The van der Waals surface area contributed by atoms with Gasteiger partial charge in [-0.1, -0.05) is 24.3 Å². The van der Waals surface area contributed by atoms with E-state index in [0.29, 0.717) is 31.9 Å². The van der Waals surface area contributed by atoms with E-state index < -0.39 is 0 Å². The van der Waals surface area contributed by atoms with Crippen LogP contribution in [0.15, 0.2) is 72.8 Å². The summed E-state index contributed by atoms with van der Waals surface area (Å²) in [5.74, 6) is 0.649. The van der Waals surface area contributed by atoms with Crippen LogP contribution in [0.3, 0.4) is 0 Å². The standard InChI is InChI=1S/C26H26F2N2O3/c1-32-23-10-12-24(13-11-23)33-18-25(31)29-14-16-30(17-15-29)26(19-2-6-21(27)7-3-19)20-4-8-22(28)9-5-20/h2-13,26H,14-18H2,1H3. The Morgan fingerprint density at radius 1 is 0.788 bits per heavy atom. The van der Waals surface area contributed by atoms with Gasteiger partial charge in [-0.05, 0) is 59.7 Å². The average molecular weight is 453 g/mol. The van der Waals surface area contributed by atoms with E-state index in [1.165, 1.54) is 24.3 Å². The third-order valence-electron chi connectivity index (χ3n) is 5.83. The van der Waals surface area contributed by atoms with Crippen LogP contribution in [0.5, 0.6) is 11.5 Å². The molecule has 3 aromatic carbocycles. The van der Waals surface area contributed by atoms with Gasteiger partial charge in [0.15, 0.2) is 6.61 Å². The summed E-state index contributed by atoms with van der Waals surface area (Å²) in [6.07, 6.45) is 0. The maximum absolute atomic E-state index is 13.5. The summed E-state index contributed by atoms with van der Waals surface area (Å²) >= 11 is 0. The molecule has 172 valence electrons. The van der Waals surface area contributed by atoms with Crippen LogP contribution in [0, 0.1) is 11.6 Å². The summed E-state index contributed by atoms with van der Waals surface area (Å²) in [5.41, 5.74) is 1.84. The first-order chi connectivity index (χ1) is 16.0. The second kappa shape index (κ2) is 10.4. The number of ether oxygens (including phenoxy) is 2. The predicted molar refractivity (Wildman–Crippen MR) is 121 cm³/mol. The zero-order valence-corrected chi connectivity index (χ0v) is 18.4. The highest BCUT2D eigenvalue weighted by molar-refractivity contribution is 5.77. The molecular formula is C26H26F2N2O3. The lowest BCUT2D eigenvalue weighted by molar-refractivity contribution is -0.135. The number of amides is 1. The lowest BCUT2D eigenvalue weighted by atomic mass is 9.96. The van der Waals surface area contributed by atoms with Crippen molar-refractivity contribution in [2.75, 3.05) is 39.9 Å². The van der Waals surface area contributed by atoms with E-state index in [-0.39, 0.29) is 30.2 Å². The van der Waals surface area contributed by atoms with E-state index >= 15 is 0 Å². The zero-order valence-electron chi connectivity index (χ0n) is 18.4. The molecule has 0 bridgehead atoms. The molecule has 0 unspecified atom stereocenters. The van der Waals surface area contributed by atoms with E-state index in [2.05, 4.69) is 4.90 Å². The average Bonchev–Trinajstić information content (AvgIpc) is 2.86. The number of benzene rings is 3. The van der Waals surface area contributed by atoms with Crippen LogP contribution in [0.4, 0.5) is 8.78 Å². The molecule has 1 amide bonds. The summed E-state index contributed by atoms with van der Waals surface area (Å²) < 4.78 is 37.7. The molecule has 7 heteroatoms. The van der Waals surface area contributed by atoms with Crippen molar-refractivity contribution in [1.29, 1.82) is 0 Å². The van der Waals surface area contributed by atoms with Crippen molar-refractivity contribution in [2.45, 2.75) is 6.04 Å². The number of nitrogens with zero attached hydrogens (tertiary/aromatic N) is 2. The van der Waals surface area contributed by atoms with Crippen molar-refractivity contribution in [3.8, 4) is 11.5 Å². The van der Waals surface area contributed by atoms with Crippen LogP contribution in [0.25, 0.3) is 0 Å². The van der Waals surface area contributed by atoms with Gasteiger partial charge in [0.1, 0.15) is 23.1 Å². The first-order valence-electron chi connectivity index (χ1n) is 10.8. The van der Waals surface area contributed by atoms with Gasteiger partial charge in [0.2, 0.25) is 0 Å². The number of carbonyl (C=O) groups is 1. The van der Waals surface area contributed by atoms with Crippen molar-refractivity contribution in [3.63, 3.8) is 0 Å². The SMILES string of the molecule is COc1ccc(OCC(=O)N2CCN(C(c3ccc(F)cc3)c3ccc(F)cc3)CC2)cc1. The van der Waals surface area contributed by atoms with Gasteiger partial charge in [0, 0.05) is 26.2 Å². The maximum atomic E-state index is 13.5. The minimum atomic E-state index is -0.302. The van der Waals surface area contributed by atoms with Crippen molar-refractivity contribution >= 4 is 5.91 Å². The molecule has 0 aromatic heterocycles. The Morgan fingerprint density at radius 3 is 1.76 bits per heavy atom. The molecule has 0 aliphatic carbocycles. The fourth-order valence-electron chi connectivity index (χ4n) is 4.04. The largest absolute Gasteiger partial charge is 0.497 e. The topological polar surface area (TPSA) is 42.0 Å². The van der Waals surface area contributed by atoms with Crippen molar-refractivity contribution in [1.82, 2.24) is 9.80 Å². The van der Waals surface area contributed by atoms with Crippen molar-refractivity contribution < 1.29 is 23.0 Å². The summed E-state index contributed by atoms with van der Waals surface area (Å²) in [6.45, 7) is 2.32. The molecule has 1 aliphatic heterocycles. The molecule has 0 atom stereocenters. The molecule has 1 aliphatic rings. The normalized spacial score (nSPS) is 14.4. The Hall–Kier alpha value is -3.45. The Balaban J connectivity index is 1.39. The van der Waals surface area contributed by atoms with Crippen LogP contribution in [0.1, 0.15) is 17.2 Å². The Morgan fingerprint density at radius 2 is 1.27 bits per heavy atom. The Labute approximate surface area is 192 Å². The molecule has 0 spiro atoms. The van der Waals surface area contributed by atoms with Gasteiger partial charge >= 0.3 is 0 Å². The molecule has 1 heterocycles. The Kier molecular flexibility index (Phi) is 7.19. The maximum Gasteiger partial charge on any atom is 0.260 e. The van der Waals surface area contributed by atoms with Crippen LogP contribution >= 0.6 is 0 Å². The van der Waals surface area contributed by atoms with Crippen LogP contribution in [0.2, 0.25) is 0 Å². The second-order valence-corrected chi connectivity index (χ2v) is 7.89. The molecule has 1 saturated heterocycles. The Bertz CT molecular complexity index is 1000. The van der Waals surface area contributed by atoms with Crippen molar-refractivity contribution in [2.24, 2.45) is 0 Å². The number of methoxy groups -OCH3 is 1. The van der Waals surface area contributed by atoms with Gasteiger partial charge < -0.3 is 14.4 Å². The van der Waals surface area contributed by atoms with Gasteiger partial charge in [-0.2, -0.15) is 0 Å². The first-order valence-corrected chi connectivity index (χ1v) is 10.8. The number of hydrogen-bond acceptors (Lipinski definition) is 4. The van der Waals surface area contributed by atoms with Crippen LogP contribution < -0.4 is 9.47 Å². The summed E-state index contributed by atoms with van der Waals surface area (Å²) in [7, 11) is 1.59. The van der Waals surface area contributed by atoms with E-state index in [1.807, 2.05) is 0 Å². The minimum Gasteiger partial charge on any atom is -0.497 e. The predicted octanol–water partition coefficient (Wildman–Crippen LogP) is 4.29. The van der Waals surface area contributed by atoms with E-state index in [0.717, 1.165) is 16.9 Å². The molecule has 1 fully saturated rings. The molecule has 33 heavy (non-hydrogen) atoms. The minimum absolute atomic E-state index is 0.0360. The molecular weight excluding hydrogens is 426 g/mol. The second-order valence-electron chi connectivity index (χ2n) is 7.89. The fourth-order valence-corrected chi connectivity index (χ4v) is 4.04. The van der Waals surface area contributed by atoms with Crippen molar-refractivity contribution in [3.05, 3.63) is 95.6 Å². The summed E-state index contributed by atoms with van der Waals surface area (Å²) in [6, 6.07) is 19.7. The summed E-state index contributed by atoms with van der Waals surface area (Å²) in [4.78, 5) is 16.7. The first kappa shape index (κ1) is 22.7. The molecule has 0 radical (unpaired) electrons. The monoisotopic (exact) mass is 452 g/mol. The van der Waals surface area contributed by atoms with Gasteiger partial charge in [-0.15, -0.1) is 0 Å². The number of halogens is 2. The van der Waals surface area contributed by atoms with Gasteiger partial charge in [-0.25, -0.2) is 8.78 Å². The number of hydrogen-bond donors (Lipinski definition) is 0. The zero-order chi connectivity index (χ0) is 23.2. The fraction of sp³-hybridized carbons (Fsp3) is 0.269. The van der Waals surface area contributed by atoms with Gasteiger partial charge in [-0.3, -0.25) is 9.69 Å². The van der Waals surface area contributed by atoms with Gasteiger partial charge in [0.25, 0.3) is 5.91 Å². The quantitative estimate of drug-likeness (QED) is 0.537. The third-order valence-corrected chi connectivity index (χ3v) is 5.83. The third kappa shape index (κ3) is 5.68. The number of piperazine rings is 1. The molecule has 5 nitrogen and oxygen atoms in total. The molecule has 0 N–H and O–H groups in total. The molecule has 0 saturated carbocycles. The van der Waals surface area contributed by atoms with E-state index in [4.69, 9.17) is 9.47 Å². The number of carbonyl (C=O) groups excluding carboxylic acids is 1. The molecule has 3 aromatic rings. The van der Waals surface area contributed by atoms with E-state index in [9.17, 15) is 13.6 Å².